The summed E-state index contributed by atoms with van der Waals surface area (Å²) in [7, 11) is 0. The Morgan fingerprint density at radius 1 is 1.07 bits per heavy atom. The molecule has 6 nitrogen and oxygen atoms in total. The molecule has 150 valence electrons. The summed E-state index contributed by atoms with van der Waals surface area (Å²) < 4.78 is 11.5. The van der Waals surface area contributed by atoms with Gasteiger partial charge < -0.3 is 20.1 Å². The average molecular weight is 390 g/mol. The van der Waals surface area contributed by atoms with Crippen LogP contribution in [0.5, 0.6) is 5.75 Å². The third-order valence-electron chi connectivity index (χ3n) is 4.75. The van der Waals surface area contributed by atoms with Gasteiger partial charge in [0.05, 0.1) is 6.10 Å². The molecule has 1 fully saturated rings. The molecule has 2 aromatic carbocycles. The summed E-state index contributed by atoms with van der Waals surface area (Å²) in [5, 5.41) is 6.62. The van der Waals surface area contributed by atoms with E-state index in [1.807, 2.05) is 55.5 Å². The van der Waals surface area contributed by atoms with Crippen molar-refractivity contribution in [3.63, 3.8) is 0 Å². The predicted molar refractivity (Wildman–Crippen MR) is 115 cm³/mol. The van der Waals surface area contributed by atoms with E-state index < -0.39 is 0 Å². The van der Waals surface area contributed by atoms with Crippen molar-refractivity contribution in [2.45, 2.75) is 32.5 Å². The normalized spacial score (nSPS) is 15.8. The Labute approximate surface area is 171 Å². The van der Waals surface area contributed by atoms with Gasteiger partial charge >= 0.3 is 0 Å². The van der Waals surface area contributed by atoms with Crippen LogP contribution in [0.3, 0.4) is 0 Å². The van der Waals surface area contributed by atoms with Gasteiger partial charge in [0.1, 0.15) is 18.2 Å². The Morgan fingerprint density at radius 3 is 2.66 bits per heavy atom. The minimum Gasteiger partial charge on any atom is -0.489 e. The van der Waals surface area contributed by atoms with Gasteiger partial charge in [0.15, 0.2) is 0 Å². The van der Waals surface area contributed by atoms with E-state index in [-0.39, 0.29) is 6.10 Å². The third-order valence-corrected chi connectivity index (χ3v) is 4.75. The quantitative estimate of drug-likeness (QED) is 0.581. The summed E-state index contributed by atoms with van der Waals surface area (Å²) in [6, 6.07) is 19.9. The molecule has 0 bridgehead atoms. The maximum Gasteiger partial charge on any atom is 0.229 e. The minimum absolute atomic E-state index is 0.269. The number of anilines is 3. The third kappa shape index (κ3) is 5.68. The second kappa shape index (κ2) is 9.39. The van der Waals surface area contributed by atoms with Crippen LogP contribution in [0.2, 0.25) is 0 Å². The lowest BCUT2D eigenvalue weighted by molar-refractivity contribution is 0.120. The monoisotopic (exact) mass is 390 g/mol. The number of hydrogen-bond donors (Lipinski definition) is 2. The van der Waals surface area contributed by atoms with E-state index in [4.69, 9.17) is 9.47 Å². The van der Waals surface area contributed by atoms with Gasteiger partial charge in [0, 0.05) is 30.6 Å². The number of hydrogen-bond acceptors (Lipinski definition) is 6. The van der Waals surface area contributed by atoms with E-state index in [1.54, 1.807) is 0 Å². The number of rotatable bonds is 8. The second-order valence-corrected chi connectivity index (χ2v) is 7.16. The molecule has 0 aliphatic carbocycles. The summed E-state index contributed by atoms with van der Waals surface area (Å²) in [4.78, 5) is 9.05. The molecule has 1 saturated heterocycles. The lowest BCUT2D eigenvalue weighted by atomic mass is 10.2. The van der Waals surface area contributed by atoms with Crippen molar-refractivity contribution >= 4 is 17.5 Å². The molecule has 1 unspecified atom stereocenters. The standard InChI is InChI=1S/C23H26N4O2/c1-17-14-22(24-15-21-8-5-13-28-21)27-23(25-17)26-19-9-11-20(12-10-19)29-16-18-6-3-2-4-7-18/h2-4,6-7,9-12,14,21H,5,8,13,15-16H2,1H3,(H2,24,25,26,27). The van der Waals surface area contributed by atoms with Crippen LogP contribution in [0.15, 0.2) is 60.7 Å². The molecule has 29 heavy (non-hydrogen) atoms. The summed E-state index contributed by atoms with van der Waals surface area (Å²) in [5.41, 5.74) is 2.96. The number of benzene rings is 2. The Balaban J connectivity index is 1.34. The number of nitrogens with zero attached hydrogens (tertiary/aromatic N) is 2. The van der Waals surface area contributed by atoms with E-state index in [1.165, 1.54) is 0 Å². The van der Waals surface area contributed by atoms with Crippen molar-refractivity contribution in [1.82, 2.24) is 9.97 Å². The van der Waals surface area contributed by atoms with Gasteiger partial charge in [-0.3, -0.25) is 0 Å². The lowest BCUT2D eigenvalue weighted by Gasteiger charge is -2.13. The van der Waals surface area contributed by atoms with E-state index in [0.717, 1.165) is 54.5 Å². The van der Waals surface area contributed by atoms with Gasteiger partial charge in [-0.25, -0.2) is 4.98 Å². The molecule has 1 atom stereocenters. The fourth-order valence-electron chi connectivity index (χ4n) is 3.24. The van der Waals surface area contributed by atoms with Crippen LogP contribution < -0.4 is 15.4 Å². The van der Waals surface area contributed by atoms with Crippen LogP contribution in [-0.2, 0) is 11.3 Å². The molecule has 6 heteroatoms. The van der Waals surface area contributed by atoms with Crippen molar-refractivity contribution in [1.29, 1.82) is 0 Å². The van der Waals surface area contributed by atoms with Crippen LogP contribution in [-0.4, -0.2) is 29.2 Å². The Hall–Kier alpha value is -3.12. The molecule has 2 N–H and O–H groups in total. The van der Waals surface area contributed by atoms with Gasteiger partial charge in [-0.2, -0.15) is 4.98 Å². The first kappa shape index (κ1) is 19.2. The highest BCUT2D eigenvalue weighted by atomic mass is 16.5. The first-order valence-corrected chi connectivity index (χ1v) is 9.99. The van der Waals surface area contributed by atoms with Crippen molar-refractivity contribution in [3.05, 3.63) is 71.9 Å². The molecule has 1 aromatic heterocycles. The second-order valence-electron chi connectivity index (χ2n) is 7.16. The van der Waals surface area contributed by atoms with Crippen molar-refractivity contribution < 1.29 is 9.47 Å². The molecule has 0 saturated carbocycles. The predicted octanol–water partition coefficient (Wildman–Crippen LogP) is 4.70. The Bertz CT molecular complexity index is 910. The first-order chi connectivity index (χ1) is 14.2. The van der Waals surface area contributed by atoms with Crippen LogP contribution in [0, 0.1) is 6.92 Å². The number of nitrogens with one attached hydrogen (secondary N) is 2. The molecule has 0 amide bonds. The zero-order chi connectivity index (χ0) is 19.9. The highest BCUT2D eigenvalue weighted by molar-refractivity contribution is 5.56. The molecular weight excluding hydrogens is 364 g/mol. The van der Waals surface area contributed by atoms with E-state index in [2.05, 4.69) is 32.7 Å². The number of aryl methyl sites for hydroxylation is 1. The highest BCUT2D eigenvalue weighted by Gasteiger charge is 2.15. The van der Waals surface area contributed by atoms with Crippen molar-refractivity contribution in [2.75, 3.05) is 23.8 Å². The smallest absolute Gasteiger partial charge is 0.229 e. The molecule has 4 rings (SSSR count). The van der Waals surface area contributed by atoms with Gasteiger partial charge in [-0.15, -0.1) is 0 Å². The van der Waals surface area contributed by atoms with Crippen LogP contribution >= 0.6 is 0 Å². The highest BCUT2D eigenvalue weighted by Crippen LogP contribution is 2.21. The molecule has 2 heterocycles. The molecule has 0 radical (unpaired) electrons. The summed E-state index contributed by atoms with van der Waals surface area (Å²) in [6.45, 7) is 4.13. The largest absolute Gasteiger partial charge is 0.489 e. The average Bonchev–Trinajstić information content (AvgIpc) is 3.26. The molecule has 1 aliphatic rings. The molecule has 0 spiro atoms. The Morgan fingerprint density at radius 2 is 1.90 bits per heavy atom. The molecule has 1 aliphatic heterocycles. The minimum atomic E-state index is 0.269. The summed E-state index contributed by atoms with van der Waals surface area (Å²) in [6.07, 6.45) is 2.50. The maximum atomic E-state index is 5.84. The Kier molecular flexibility index (Phi) is 6.22. The molecule has 3 aromatic rings. The summed E-state index contributed by atoms with van der Waals surface area (Å²) in [5.74, 6) is 2.19. The van der Waals surface area contributed by atoms with E-state index >= 15 is 0 Å². The van der Waals surface area contributed by atoms with Crippen LogP contribution in [0.4, 0.5) is 17.5 Å². The van der Waals surface area contributed by atoms with Crippen LogP contribution in [0.1, 0.15) is 24.1 Å². The SMILES string of the molecule is Cc1cc(NCC2CCCO2)nc(Nc2ccc(OCc3ccccc3)cc2)n1. The van der Waals surface area contributed by atoms with Crippen LogP contribution in [0.25, 0.3) is 0 Å². The zero-order valence-electron chi connectivity index (χ0n) is 16.6. The zero-order valence-corrected chi connectivity index (χ0v) is 16.6. The fraction of sp³-hybridized carbons (Fsp3) is 0.304. The topological polar surface area (TPSA) is 68.3 Å². The van der Waals surface area contributed by atoms with Gasteiger partial charge in [-0.1, -0.05) is 30.3 Å². The fourth-order valence-corrected chi connectivity index (χ4v) is 3.24. The van der Waals surface area contributed by atoms with E-state index in [9.17, 15) is 0 Å². The maximum absolute atomic E-state index is 5.84. The summed E-state index contributed by atoms with van der Waals surface area (Å²) >= 11 is 0. The van der Waals surface area contributed by atoms with Crippen molar-refractivity contribution in [2.24, 2.45) is 0 Å². The van der Waals surface area contributed by atoms with Gasteiger partial charge in [0.2, 0.25) is 5.95 Å². The number of aromatic nitrogens is 2. The lowest BCUT2D eigenvalue weighted by Crippen LogP contribution is -2.19. The van der Waals surface area contributed by atoms with Crippen molar-refractivity contribution in [3.8, 4) is 5.75 Å². The number of ether oxygens (including phenoxy) is 2. The van der Waals surface area contributed by atoms with Gasteiger partial charge in [0.25, 0.3) is 0 Å². The first-order valence-electron chi connectivity index (χ1n) is 9.99. The molecular formula is C23H26N4O2. The van der Waals surface area contributed by atoms with Gasteiger partial charge in [-0.05, 0) is 49.6 Å². The van der Waals surface area contributed by atoms with E-state index in [0.29, 0.717) is 12.6 Å².